The highest BCUT2D eigenvalue weighted by Gasteiger charge is 2.36. The number of aryl methyl sites for hydroxylation is 1. The Kier molecular flexibility index (Phi) is 8.95. The number of nitrogens with one attached hydrogen (secondary N) is 1. The van der Waals surface area contributed by atoms with Crippen molar-refractivity contribution in [3.63, 3.8) is 0 Å². The van der Waals surface area contributed by atoms with E-state index in [1.165, 1.54) is 4.90 Å². The zero-order valence-corrected chi connectivity index (χ0v) is 29.2. The van der Waals surface area contributed by atoms with Crippen molar-refractivity contribution in [2.24, 2.45) is 0 Å². The van der Waals surface area contributed by atoms with Gasteiger partial charge >= 0.3 is 0 Å². The normalized spacial score (nSPS) is 15.4. The highest BCUT2D eigenvalue weighted by atomic mass is 79.9. The summed E-state index contributed by atoms with van der Waals surface area (Å²) < 4.78 is 2.74. The average molecular weight is 739 g/mol. The second-order valence-corrected chi connectivity index (χ2v) is 14.1. The molecule has 5 aromatic rings. The quantitative estimate of drug-likeness (QED) is 0.189. The number of hydrogen-bond acceptors (Lipinski definition) is 8. The Hall–Kier alpha value is -5.01. The number of benzene rings is 3. The van der Waals surface area contributed by atoms with Gasteiger partial charge in [0.05, 0.1) is 46.6 Å². The van der Waals surface area contributed by atoms with E-state index in [9.17, 15) is 19.2 Å². The van der Waals surface area contributed by atoms with Gasteiger partial charge in [0.25, 0.3) is 23.5 Å². The molecule has 2 aliphatic rings. The van der Waals surface area contributed by atoms with E-state index in [1.54, 1.807) is 75.6 Å². The van der Waals surface area contributed by atoms with Crippen molar-refractivity contribution < 1.29 is 19.2 Å². The van der Waals surface area contributed by atoms with Gasteiger partial charge in [-0.05, 0) is 63.1 Å². The van der Waals surface area contributed by atoms with Crippen molar-refractivity contribution in [1.29, 1.82) is 0 Å². The second kappa shape index (κ2) is 13.5. The fraction of sp³-hybridized carbons (Fsp3) is 0.250. The van der Waals surface area contributed by atoms with Crippen molar-refractivity contribution in [2.45, 2.75) is 45.3 Å². The van der Waals surface area contributed by atoms with Crippen LogP contribution in [-0.4, -0.2) is 61.5 Å². The number of piperidine rings is 1. The summed E-state index contributed by atoms with van der Waals surface area (Å²) in [6, 6.07) is 21.4. The first-order valence-corrected chi connectivity index (χ1v) is 17.6. The predicted octanol–water partition coefficient (Wildman–Crippen LogP) is 6.17. The number of hydrogen-bond donors (Lipinski definition) is 1. The molecule has 2 aromatic heterocycles. The number of para-hydroxylation sites is 1. The molecule has 1 fully saturated rings. The maximum absolute atomic E-state index is 13.5. The van der Waals surface area contributed by atoms with Crippen LogP contribution in [-0.2, 0) is 11.3 Å². The highest BCUT2D eigenvalue weighted by molar-refractivity contribution is 9.10. The van der Waals surface area contributed by atoms with Crippen LogP contribution >= 0.6 is 27.3 Å². The summed E-state index contributed by atoms with van der Waals surface area (Å²) in [7, 11) is 0. The third-order valence-electron chi connectivity index (χ3n) is 8.93. The predicted molar refractivity (Wildman–Crippen MR) is 188 cm³/mol. The van der Waals surface area contributed by atoms with Gasteiger partial charge in [-0.1, -0.05) is 57.5 Å². The number of anilines is 1. The topological polar surface area (TPSA) is 130 Å². The first-order valence-electron chi connectivity index (χ1n) is 16.0. The largest absolute Gasteiger partial charge is 0.345 e. The first kappa shape index (κ1) is 32.5. The first-order chi connectivity index (χ1) is 23.7. The summed E-state index contributed by atoms with van der Waals surface area (Å²) in [5.74, 6) is -1.48. The molecule has 0 bridgehead atoms. The summed E-state index contributed by atoms with van der Waals surface area (Å²) in [4.78, 5) is 60.7. The van der Waals surface area contributed by atoms with E-state index in [1.807, 2.05) is 38.1 Å². The number of carbonyl (C=O) groups is 4. The van der Waals surface area contributed by atoms with E-state index in [0.29, 0.717) is 54.0 Å². The van der Waals surface area contributed by atoms with Gasteiger partial charge in [0.1, 0.15) is 10.7 Å². The summed E-state index contributed by atoms with van der Waals surface area (Å²) in [6.07, 6.45) is 3.15. The number of thiazole rings is 1. The smallest absolute Gasteiger partial charge is 0.299 e. The van der Waals surface area contributed by atoms with Crippen LogP contribution in [0.1, 0.15) is 79.2 Å². The number of fused-ring (bicyclic) bond motifs is 1. The fourth-order valence-corrected chi connectivity index (χ4v) is 8.06. The monoisotopic (exact) mass is 737 g/mol. The minimum atomic E-state index is -0.570. The minimum absolute atomic E-state index is 0.0332. The van der Waals surface area contributed by atoms with Gasteiger partial charge < -0.3 is 10.2 Å². The maximum atomic E-state index is 13.5. The number of ketones is 1. The molecule has 0 radical (unpaired) electrons. The van der Waals surface area contributed by atoms with Crippen LogP contribution in [0.3, 0.4) is 0 Å². The lowest BCUT2D eigenvalue weighted by Crippen LogP contribution is -2.39. The zero-order chi connectivity index (χ0) is 34.2. The summed E-state index contributed by atoms with van der Waals surface area (Å²) in [5.41, 5.74) is 4.29. The highest BCUT2D eigenvalue weighted by Crippen LogP contribution is 2.36. The van der Waals surface area contributed by atoms with Crippen LogP contribution in [0.15, 0.2) is 83.5 Å². The van der Waals surface area contributed by atoms with E-state index in [2.05, 4.69) is 31.6 Å². The molecule has 1 saturated heterocycles. The summed E-state index contributed by atoms with van der Waals surface area (Å²) in [5, 5.41) is 12.5. The molecule has 3 amide bonds. The minimum Gasteiger partial charge on any atom is -0.345 e. The molecule has 7 rings (SSSR count). The molecule has 248 valence electrons. The number of nitrogens with zero attached hydrogens (tertiary/aromatic N) is 6. The molecule has 0 aliphatic carbocycles. The van der Waals surface area contributed by atoms with E-state index >= 15 is 0 Å². The van der Waals surface area contributed by atoms with Gasteiger partial charge in [-0.15, -0.1) is 16.4 Å². The Morgan fingerprint density at radius 3 is 2.47 bits per heavy atom. The van der Waals surface area contributed by atoms with Crippen LogP contribution < -0.4 is 10.2 Å². The lowest BCUT2D eigenvalue weighted by molar-refractivity contribution is -0.114. The Morgan fingerprint density at radius 1 is 0.980 bits per heavy atom. The third-order valence-corrected chi connectivity index (χ3v) is 11.0. The standard InChI is InChI=1S/C36H32BrN7O4S/c1-21(32-22(2)39-34(49-32)27-10-3-5-12-29(27)37)38-33(46)23-8-7-9-24(18-23)35(47)42-16-14-26(15-17-42)44-20-25(40-41-44)19-43-30-13-6-4-11-28(30)31(45)36(43)48/h3-13,18,20-21,26H,14-17,19H2,1-2H3,(H,38,46). The van der Waals surface area contributed by atoms with Gasteiger partial charge in [-0.25, -0.2) is 9.67 Å². The van der Waals surface area contributed by atoms with Crippen molar-refractivity contribution in [1.82, 2.24) is 30.2 Å². The Morgan fingerprint density at radius 2 is 1.69 bits per heavy atom. The molecule has 13 heteroatoms. The van der Waals surface area contributed by atoms with Crippen LogP contribution in [0.5, 0.6) is 0 Å². The summed E-state index contributed by atoms with van der Waals surface area (Å²) in [6.45, 7) is 5.06. The average Bonchev–Trinajstić information content (AvgIpc) is 3.82. The van der Waals surface area contributed by atoms with Gasteiger partial charge in [0.2, 0.25) is 0 Å². The molecular weight excluding hydrogens is 706 g/mol. The molecule has 4 heterocycles. The number of aromatic nitrogens is 4. The van der Waals surface area contributed by atoms with Crippen LogP contribution in [0, 0.1) is 6.92 Å². The van der Waals surface area contributed by atoms with Crippen molar-refractivity contribution in [2.75, 3.05) is 18.0 Å². The van der Waals surface area contributed by atoms with Crippen molar-refractivity contribution in [3.05, 3.63) is 116 Å². The van der Waals surface area contributed by atoms with Crippen LogP contribution in [0.4, 0.5) is 5.69 Å². The zero-order valence-electron chi connectivity index (χ0n) is 26.8. The molecule has 0 spiro atoms. The number of rotatable bonds is 8. The number of carbonyl (C=O) groups excluding carboxylic acids is 4. The summed E-state index contributed by atoms with van der Waals surface area (Å²) >= 11 is 5.15. The Labute approximate surface area is 295 Å². The number of Topliss-reactive ketones (excluding diaryl/α,β-unsaturated/α-hetero) is 1. The van der Waals surface area contributed by atoms with E-state index < -0.39 is 11.7 Å². The fourth-order valence-electron chi connectivity index (χ4n) is 6.35. The SMILES string of the molecule is Cc1nc(-c2ccccc2Br)sc1C(C)NC(=O)c1cccc(C(=O)N2CCC(n3cc(CN4C(=O)C(=O)c5ccccc54)nn3)CC2)c1. The lowest BCUT2D eigenvalue weighted by atomic mass is 10.0. The maximum Gasteiger partial charge on any atom is 0.299 e. The number of amides is 3. The third kappa shape index (κ3) is 6.43. The molecule has 11 nitrogen and oxygen atoms in total. The molecule has 1 N–H and O–H groups in total. The molecule has 3 aromatic carbocycles. The molecule has 2 aliphatic heterocycles. The van der Waals surface area contributed by atoms with Gasteiger partial charge in [-0.2, -0.15) is 0 Å². The molecule has 1 atom stereocenters. The molecule has 0 saturated carbocycles. The van der Waals surface area contributed by atoms with Gasteiger partial charge in [0.15, 0.2) is 0 Å². The Balaban J connectivity index is 0.954. The van der Waals surface area contributed by atoms with E-state index in [4.69, 9.17) is 4.98 Å². The van der Waals surface area contributed by atoms with Gasteiger partial charge in [0, 0.05) is 34.3 Å². The number of likely N-dealkylation sites (tertiary alicyclic amines) is 1. The molecule has 1 unspecified atom stereocenters. The Bertz CT molecular complexity index is 2100. The second-order valence-electron chi connectivity index (χ2n) is 12.2. The van der Waals surface area contributed by atoms with Crippen LogP contribution in [0.25, 0.3) is 10.6 Å². The molecule has 49 heavy (non-hydrogen) atoms. The van der Waals surface area contributed by atoms with E-state index in [0.717, 1.165) is 25.6 Å². The van der Waals surface area contributed by atoms with Gasteiger partial charge in [-0.3, -0.25) is 24.1 Å². The van der Waals surface area contributed by atoms with E-state index in [-0.39, 0.29) is 30.4 Å². The van der Waals surface area contributed by atoms with Crippen LogP contribution in [0.2, 0.25) is 0 Å². The lowest BCUT2D eigenvalue weighted by Gasteiger charge is -2.32. The molecular formula is C36H32BrN7O4S. The van der Waals surface area contributed by atoms with Crippen molar-refractivity contribution >= 4 is 56.5 Å². The van der Waals surface area contributed by atoms with Crippen molar-refractivity contribution in [3.8, 4) is 10.6 Å². The number of halogens is 1.